The van der Waals surface area contributed by atoms with Crippen molar-refractivity contribution in [3.63, 3.8) is 0 Å². The summed E-state index contributed by atoms with van der Waals surface area (Å²) in [6, 6.07) is 21.3. The molecule has 0 aliphatic heterocycles. The summed E-state index contributed by atoms with van der Waals surface area (Å²) in [4.78, 5) is 18.4. The van der Waals surface area contributed by atoms with Gasteiger partial charge in [-0.05, 0) is 39.7 Å². The van der Waals surface area contributed by atoms with Crippen LogP contribution in [0.15, 0.2) is 76.7 Å². The molecule has 0 amide bonds. The summed E-state index contributed by atoms with van der Waals surface area (Å²) in [5.41, 5.74) is 3.87. The maximum absolute atomic E-state index is 10.8. The Morgan fingerprint density at radius 1 is 0.769 bits per heavy atom. The molecule has 0 spiro atoms. The van der Waals surface area contributed by atoms with E-state index in [1.54, 1.807) is 12.4 Å². The van der Waals surface area contributed by atoms with Crippen molar-refractivity contribution in [3.8, 4) is 11.5 Å². The third-order valence-corrected chi connectivity index (χ3v) is 5.84. The van der Waals surface area contributed by atoms with Crippen molar-refractivity contribution >= 4 is 18.4 Å². The Balaban J connectivity index is 0.00000142. The first-order chi connectivity index (χ1) is 17.7. The average Bonchev–Trinajstić information content (AvgIpc) is 2.81. The Morgan fingerprint density at radius 3 is 1.64 bits per heavy atom. The first kappa shape index (κ1) is 33.6. The van der Waals surface area contributed by atoms with Gasteiger partial charge in [0.2, 0.25) is 0 Å². The zero-order valence-electron chi connectivity index (χ0n) is 23.8. The number of phenols is 2. The number of hydrogen-bond donors (Lipinski definition) is 3. The van der Waals surface area contributed by atoms with Crippen LogP contribution in [0.1, 0.15) is 82.3 Å². The van der Waals surface area contributed by atoms with Gasteiger partial charge in [0.25, 0.3) is 5.97 Å². The normalized spacial score (nSPS) is 12.5. The van der Waals surface area contributed by atoms with Gasteiger partial charge in [-0.1, -0.05) is 96.1 Å². The molecule has 6 nitrogen and oxygen atoms in total. The Labute approximate surface area is 242 Å². The quantitative estimate of drug-likeness (QED) is 0.274. The van der Waals surface area contributed by atoms with Crippen molar-refractivity contribution in [3.05, 3.63) is 94.5 Å². The van der Waals surface area contributed by atoms with Crippen LogP contribution >= 0.6 is 0 Å². The molecule has 0 fully saturated rings. The molecule has 0 aliphatic carbocycles. The second-order valence-corrected chi connectivity index (χ2v) is 11.2. The molecule has 3 rings (SSSR count). The van der Waals surface area contributed by atoms with Gasteiger partial charge in [0.05, 0.1) is 12.6 Å². The van der Waals surface area contributed by atoms with Crippen LogP contribution in [0, 0.1) is 0 Å². The molecule has 0 saturated heterocycles. The molecule has 0 heterocycles. The van der Waals surface area contributed by atoms with Gasteiger partial charge in [-0.25, -0.2) is 0 Å². The van der Waals surface area contributed by atoms with Gasteiger partial charge < -0.3 is 15.3 Å². The molecular formula is C32H40CoN2O4. The number of nitrogens with zero attached hydrogens (tertiary/aromatic N) is 2. The number of aromatic hydroxyl groups is 2. The van der Waals surface area contributed by atoms with Crippen molar-refractivity contribution < 1.29 is 36.9 Å². The molecule has 0 aromatic heterocycles. The maximum Gasteiger partial charge on any atom is 0.300 e. The molecule has 0 aliphatic rings. The molecule has 0 saturated carbocycles. The summed E-state index contributed by atoms with van der Waals surface area (Å²) in [5, 5.41) is 29.0. The second-order valence-electron chi connectivity index (χ2n) is 11.2. The van der Waals surface area contributed by atoms with Gasteiger partial charge in [-0.2, -0.15) is 0 Å². The van der Waals surface area contributed by atoms with Crippen molar-refractivity contribution in [2.24, 2.45) is 9.98 Å². The number of carbonyl (C=O) groups is 1. The molecule has 3 aromatic carbocycles. The number of aliphatic imine (C=N–C) groups is 2. The minimum atomic E-state index is -0.833. The zero-order chi connectivity index (χ0) is 28.5. The van der Waals surface area contributed by atoms with E-state index in [0.29, 0.717) is 17.7 Å². The molecule has 3 aromatic rings. The predicted octanol–water partition coefficient (Wildman–Crippen LogP) is 7.06. The fourth-order valence-electron chi connectivity index (χ4n) is 3.88. The first-order valence-electron chi connectivity index (χ1n) is 12.6. The van der Waals surface area contributed by atoms with E-state index in [0.717, 1.165) is 23.6 Å². The molecule has 7 heteroatoms. The summed E-state index contributed by atoms with van der Waals surface area (Å²) in [5.74, 6) is -0.305. The third-order valence-electron chi connectivity index (χ3n) is 5.84. The standard InChI is InChI=1S/C30H36N2O2.C2H4O2.Co/c1-29(2,3)24-16-10-14-22(27(24)33)18-31-20-26(21-12-8-7-9-13-21)32-19-23-15-11-17-25(28(23)34)30(4,5)6;1-2(3)4;/h7-19,26,33-34H,20H2,1-6H3;1H3,(H,3,4);. The summed E-state index contributed by atoms with van der Waals surface area (Å²) in [6.45, 7) is 14.0. The number of hydrogen-bond acceptors (Lipinski definition) is 5. The molecule has 211 valence electrons. The molecule has 1 radical (unpaired) electrons. The van der Waals surface area contributed by atoms with Gasteiger partial charge >= 0.3 is 0 Å². The largest absolute Gasteiger partial charge is 0.507 e. The Hall–Kier alpha value is -3.42. The van der Waals surface area contributed by atoms with Crippen LogP contribution in [0.2, 0.25) is 0 Å². The fraction of sp³-hybridized carbons (Fsp3) is 0.344. The van der Waals surface area contributed by atoms with Crippen LogP contribution in [-0.4, -0.2) is 40.3 Å². The summed E-state index contributed by atoms with van der Waals surface area (Å²) >= 11 is 0. The summed E-state index contributed by atoms with van der Waals surface area (Å²) in [7, 11) is 0. The predicted molar refractivity (Wildman–Crippen MR) is 156 cm³/mol. The third kappa shape index (κ3) is 10.3. The Kier molecular flexibility index (Phi) is 12.6. The Morgan fingerprint density at radius 2 is 1.21 bits per heavy atom. The van der Waals surface area contributed by atoms with Crippen molar-refractivity contribution in [2.45, 2.75) is 65.3 Å². The van der Waals surface area contributed by atoms with E-state index in [9.17, 15) is 10.2 Å². The second kappa shape index (κ2) is 14.7. The number of para-hydroxylation sites is 2. The van der Waals surface area contributed by atoms with E-state index < -0.39 is 5.97 Å². The Bertz CT molecular complexity index is 1270. The molecular weight excluding hydrogens is 535 g/mol. The van der Waals surface area contributed by atoms with Crippen LogP contribution < -0.4 is 0 Å². The molecule has 1 atom stereocenters. The van der Waals surface area contributed by atoms with Crippen molar-refractivity contribution in [1.29, 1.82) is 0 Å². The van der Waals surface area contributed by atoms with E-state index in [4.69, 9.17) is 14.9 Å². The maximum atomic E-state index is 10.8. The van der Waals surface area contributed by atoms with E-state index in [2.05, 4.69) is 46.5 Å². The molecule has 3 N–H and O–H groups in total. The van der Waals surface area contributed by atoms with E-state index in [1.165, 1.54) is 0 Å². The number of carboxylic acid groups (broad SMARTS) is 1. The van der Waals surface area contributed by atoms with Crippen molar-refractivity contribution in [2.75, 3.05) is 6.54 Å². The van der Waals surface area contributed by atoms with Crippen LogP contribution in [0.5, 0.6) is 11.5 Å². The number of benzene rings is 3. The van der Waals surface area contributed by atoms with E-state index >= 15 is 0 Å². The molecule has 1 unspecified atom stereocenters. The number of carboxylic acids is 1. The van der Waals surface area contributed by atoms with Crippen LogP contribution in [0.4, 0.5) is 0 Å². The first-order valence-corrected chi connectivity index (χ1v) is 12.6. The van der Waals surface area contributed by atoms with Gasteiger partial charge in [0.1, 0.15) is 11.5 Å². The van der Waals surface area contributed by atoms with Gasteiger partial charge in [0.15, 0.2) is 0 Å². The van der Waals surface area contributed by atoms with Crippen LogP contribution in [-0.2, 0) is 32.4 Å². The van der Waals surface area contributed by atoms with Gasteiger partial charge in [-0.15, -0.1) is 0 Å². The van der Waals surface area contributed by atoms with Crippen LogP contribution in [0.25, 0.3) is 0 Å². The molecule has 0 bridgehead atoms. The number of aliphatic carboxylic acids is 1. The summed E-state index contributed by atoms with van der Waals surface area (Å²) in [6.07, 6.45) is 3.45. The number of rotatable bonds is 6. The smallest absolute Gasteiger partial charge is 0.300 e. The van der Waals surface area contributed by atoms with Crippen LogP contribution in [0.3, 0.4) is 0 Å². The monoisotopic (exact) mass is 575 g/mol. The minimum absolute atomic E-state index is 0. The van der Waals surface area contributed by atoms with Crippen molar-refractivity contribution in [1.82, 2.24) is 0 Å². The van der Waals surface area contributed by atoms with E-state index in [-0.39, 0.29) is 45.1 Å². The molecule has 39 heavy (non-hydrogen) atoms. The fourth-order valence-corrected chi connectivity index (χ4v) is 3.88. The average molecular weight is 576 g/mol. The number of phenolic OH excluding ortho intramolecular Hbond substituents is 2. The van der Waals surface area contributed by atoms with Gasteiger partial charge in [-0.3, -0.25) is 14.8 Å². The topological polar surface area (TPSA) is 102 Å². The SMILES string of the molecule is CC(=O)O.CC(C)(C)c1cccc(C=NCC(N=Cc2cccc(C(C)(C)C)c2O)c2ccccc2)c1O.[Co]. The van der Waals surface area contributed by atoms with Gasteiger partial charge in [0, 0.05) is 47.3 Å². The summed E-state index contributed by atoms with van der Waals surface area (Å²) < 4.78 is 0. The van der Waals surface area contributed by atoms with E-state index in [1.807, 2.05) is 66.7 Å². The minimum Gasteiger partial charge on any atom is -0.507 e. The zero-order valence-corrected chi connectivity index (χ0v) is 24.8.